The minimum Gasteiger partial charge on any atom is -0.461 e. The Balaban J connectivity index is 1.22. The lowest BCUT2D eigenvalue weighted by atomic mass is 9.79. The third-order valence-corrected chi connectivity index (χ3v) is 7.74. The molecule has 7 heteroatoms. The van der Waals surface area contributed by atoms with Crippen LogP contribution in [0.25, 0.3) is 0 Å². The van der Waals surface area contributed by atoms with E-state index in [2.05, 4.69) is 26.6 Å². The Bertz CT molecular complexity index is 994. The number of ether oxygens (including phenoxy) is 1. The number of benzene rings is 2. The van der Waals surface area contributed by atoms with Crippen LogP contribution in [-0.2, 0) is 20.9 Å². The highest BCUT2D eigenvalue weighted by Gasteiger charge is 2.67. The first-order valence-electron chi connectivity index (χ1n) is 10.1. The van der Waals surface area contributed by atoms with Crippen molar-refractivity contribution in [3.63, 3.8) is 0 Å². The van der Waals surface area contributed by atoms with Crippen molar-refractivity contribution in [3.8, 4) is 0 Å². The normalized spacial score (nSPS) is 30.8. The van der Waals surface area contributed by atoms with Crippen LogP contribution in [0.3, 0.4) is 0 Å². The molecule has 2 aromatic rings. The number of nitrogens with one attached hydrogen (secondary N) is 2. The van der Waals surface area contributed by atoms with Gasteiger partial charge in [0, 0.05) is 23.7 Å². The van der Waals surface area contributed by atoms with Crippen LogP contribution in [0.5, 0.6) is 0 Å². The fourth-order valence-corrected chi connectivity index (χ4v) is 6.19. The largest absolute Gasteiger partial charge is 0.461 e. The number of halogens is 1. The van der Waals surface area contributed by atoms with Gasteiger partial charge in [-0.25, -0.2) is 0 Å². The molecular weight excluding hydrogens is 448 g/mol. The first kappa shape index (κ1) is 19.3. The number of fused-ring (bicyclic) bond motifs is 1. The Morgan fingerprint density at radius 2 is 1.77 bits per heavy atom. The van der Waals surface area contributed by atoms with Crippen molar-refractivity contribution >= 4 is 39.4 Å². The summed E-state index contributed by atoms with van der Waals surface area (Å²) in [6.07, 6.45) is 0.750. The summed E-state index contributed by atoms with van der Waals surface area (Å²) in [5, 5.41) is 5.80. The predicted octanol–water partition coefficient (Wildman–Crippen LogP) is 3.13. The van der Waals surface area contributed by atoms with E-state index in [-0.39, 0.29) is 52.4 Å². The van der Waals surface area contributed by atoms with Gasteiger partial charge in [0.1, 0.15) is 6.10 Å². The van der Waals surface area contributed by atoms with Crippen LogP contribution in [0.2, 0.25) is 0 Å². The van der Waals surface area contributed by atoms with Crippen molar-refractivity contribution in [1.29, 1.82) is 0 Å². The number of rotatable bonds is 5. The Morgan fingerprint density at radius 1 is 1.03 bits per heavy atom. The number of carbonyl (C=O) groups excluding carboxylic acids is 3. The van der Waals surface area contributed by atoms with Gasteiger partial charge in [0.05, 0.1) is 16.7 Å². The Labute approximate surface area is 182 Å². The van der Waals surface area contributed by atoms with E-state index in [0.717, 1.165) is 12.0 Å². The highest BCUT2D eigenvalue weighted by molar-refractivity contribution is 9.09. The zero-order chi connectivity index (χ0) is 20.8. The summed E-state index contributed by atoms with van der Waals surface area (Å²) in [4.78, 5) is 37.6. The van der Waals surface area contributed by atoms with Crippen LogP contribution >= 0.6 is 15.9 Å². The molecule has 6 atom stereocenters. The molecule has 2 N–H and O–H groups in total. The monoisotopic (exact) mass is 468 g/mol. The van der Waals surface area contributed by atoms with Crippen molar-refractivity contribution in [2.45, 2.75) is 23.9 Å². The average Bonchev–Trinajstić information content (AvgIpc) is 3.37. The lowest BCUT2D eigenvalue weighted by Gasteiger charge is -2.27. The number of anilines is 1. The predicted molar refractivity (Wildman–Crippen MR) is 114 cm³/mol. The lowest BCUT2D eigenvalue weighted by molar-refractivity contribution is -0.145. The molecule has 0 unspecified atom stereocenters. The quantitative estimate of drug-likeness (QED) is 0.521. The Kier molecular flexibility index (Phi) is 4.85. The molecule has 30 heavy (non-hydrogen) atoms. The van der Waals surface area contributed by atoms with Gasteiger partial charge in [-0.2, -0.15) is 0 Å². The van der Waals surface area contributed by atoms with Gasteiger partial charge in [-0.05, 0) is 42.2 Å². The molecule has 5 rings (SSSR count). The van der Waals surface area contributed by atoms with E-state index in [9.17, 15) is 14.4 Å². The highest BCUT2D eigenvalue weighted by atomic mass is 79.9. The first-order chi connectivity index (χ1) is 14.5. The van der Waals surface area contributed by atoms with Crippen molar-refractivity contribution in [2.75, 3.05) is 5.32 Å². The van der Waals surface area contributed by atoms with E-state index in [0.29, 0.717) is 17.8 Å². The van der Waals surface area contributed by atoms with Crippen molar-refractivity contribution < 1.29 is 19.1 Å². The van der Waals surface area contributed by atoms with E-state index in [1.165, 1.54) is 0 Å². The Morgan fingerprint density at radius 3 is 2.50 bits per heavy atom. The summed E-state index contributed by atoms with van der Waals surface area (Å²) < 4.78 is 5.47. The summed E-state index contributed by atoms with van der Waals surface area (Å²) in [7, 11) is 0. The molecule has 2 aromatic carbocycles. The molecule has 3 aliphatic rings. The van der Waals surface area contributed by atoms with Crippen LogP contribution in [0.4, 0.5) is 5.69 Å². The molecule has 3 fully saturated rings. The third-order valence-electron chi connectivity index (χ3n) is 6.54. The van der Waals surface area contributed by atoms with Crippen LogP contribution in [0.15, 0.2) is 54.6 Å². The van der Waals surface area contributed by atoms with Gasteiger partial charge in [0.25, 0.3) is 5.91 Å². The van der Waals surface area contributed by atoms with E-state index < -0.39 is 0 Å². The van der Waals surface area contributed by atoms with Crippen molar-refractivity contribution in [3.05, 3.63) is 65.7 Å². The number of amides is 2. The molecule has 6 nitrogen and oxygen atoms in total. The molecule has 1 heterocycles. The molecular formula is C23H21BrN2O4. The highest BCUT2D eigenvalue weighted by Crippen LogP contribution is 2.60. The van der Waals surface area contributed by atoms with Crippen LogP contribution < -0.4 is 10.6 Å². The molecule has 2 aliphatic carbocycles. The SMILES string of the molecule is O=C(NCc1ccccc1)c1ccc(NC(=O)[C@@H]2[C@H]3C[C@H]4[C@H](OC(=O)[C@@H]42)[C@@H]3Br)cc1. The van der Waals surface area contributed by atoms with Gasteiger partial charge in [-0.3, -0.25) is 14.4 Å². The zero-order valence-electron chi connectivity index (χ0n) is 16.1. The molecule has 0 spiro atoms. The molecule has 1 aliphatic heterocycles. The lowest BCUT2D eigenvalue weighted by Crippen LogP contribution is -2.40. The number of carbonyl (C=O) groups is 3. The maximum atomic E-state index is 12.9. The van der Waals surface area contributed by atoms with Crippen LogP contribution in [0, 0.1) is 23.7 Å². The number of alkyl halides is 1. The molecule has 1 saturated heterocycles. The zero-order valence-corrected chi connectivity index (χ0v) is 17.7. The number of hydrogen-bond donors (Lipinski definition) is 2. The smallest absolute Gasteiger partial charge is 0.310 e. The molecule has 154 valence electrons. The molecule has 0 radical (unpaired) electrons. The van der Waals surface area contributed by atoms with Gasteiger partial charge in [0.15, 0.2) is 0 Å². The molecule has 0 aromatic heterocycles. The fraction of sp³-hybridized carbons (Fsp3) is 0.348. The fourth-order valence-electron chi connectivity index (χ4n) is 5.14. The second-order valence-electron chi connectivity index (χ2n) is 8.20. The average molecular weight is 469 g/mol. The first-order valence-corrected chi connectivity index (χ1v) is 11.0. The number of hydrogen-bond acceptors (Lipinski definition) is 4. The van der Waals surface area contributed by atoms with Crippen LogP contribution in [0.1, 0.15) is 22.3 Å². The number of esters is 1. The van der Waals surface area contributed by atoms with E-state index in [1.54, 1.807) is 24.3 Å². The minimum absolute atomic E-state index is 0.0386. The second kappa shape index (κ2) is 7.54. The molecule has 2 saturated carbocycles. The van der Waals surface area contributed by atoms with E-state index >= 15 is 0 Å². The standard InChI is InChI=1S/C23H21BrN2O4/c24-19-15-10-16-18(23(29)30-20(16)19)17(15)22(28)26-14-8-6-13(7-9-14)21(27)25-11-12-4-2-1-3-5-12/h1-9,15-20H,10-11H2,(H,25,27)(H,26,28)/t15-,16-,17-,18+,19-,20+/m1/s1. The van der Waals surface area contributed by atoms with Crippen LogP contribution in [-0.4, -0.2) is 28.7 Å². The van der Waals surface area contributed by atoms with E-state index in [1.807, 2.05) is 30.3 Å². The van der Waals surface area contributed by atoms with Crippen molar-refractivity contribution in [1.82, 2.24) is 5.32 Å². The molecule has 2 bridgehead atoms. The van der Waals surface area contributed by atoms with Gasteiger partial charge in [-0.1, -0.05) is 46.3 Å². The minimum atomic E-state index is -0.375. The Hall–Kier alpha value is -2.67. The van der Waals surface area contributed by atoms with Gasteiger partial charge in [0.2, 0.25) is 5.91 Å². The van der Waals surface area contributed by atoms with E-state index in [4.69, 9.17) is 4.74 Å². The third kappa shape index (κ3) is 3.21. The molecule has 2 amide bonds. The topological polar surface area (TPSA) is 84.5 Å². The summed E-state index contributed by atoms with van der Waals surface area (Å²) in [6, 6.07) is 16.5. The maximum absolute atomic E-state index is 12.9. The summed E-state index contributed by atoms with van der Waals surface area (Å²) in [6.45, 7) is 0.453. The van der Waals surface area contributed by atoms with Gasteiger partial charge in [-0.15, -0.1) is 0 Å². The summed E-state index contributed by atoms with van der Waals surface area (Å²) in [5.41, 5.74) is 2.15. The maximum Gasteiger partial charge on any atom is 0.310 e. The second-order valence-corrected chi connectivity index (χ2v) is 9.25. The van der Waals surface area contributed by atoms with Gasteiger partial charge < -0.3 is 15.4 Å². The summed E-state index contributed by atoms with van der Waals surface area (Å²) >= 11 is 3.63. The van der Waals surface area contributed by atoms with Gasteiger partial charge >= 0.3 is 5.97 Å². The van der Waals surface area contributed by atoms with Crippen molar-refractivity contribution in [2.24, 2.45) is 23.7 Å². The summed E-state index contributed by atoms with van der Waals surface area (Å²) in [5.74, 6) is -1.05.